The lowest BCUT2D eigenvalue weighted by atomic mass is 10.2. The molecule has 0 aliphatic rings. The molecule has 1 rings (SSSR count). The minimum atomic E-state index is -5.41. The Morgan fingerprint density at radius 2 is 2.05 bits per heavy atom. The quantitative estimate of drug-likeness (QED) is 0.663. The molecule has 0 fully saturated rings. The molecule has 1 unspecified atom stereocenters. The van der Waals surface area contributed by atoms with Gasteiger partial charge in [-0.05, 0) is 13.0 Å². The Morgan fingerprint density at radius 1 is 1.48 bits per heavy atom. The number of carboxylic acids is 1. The summed E-state index contributed by atoms with van der Waals surface area (Å²) in [4.78, 5) is 35.0. The number of pyridine rings is 1. The molecule has 8 nitrogen and oxygen atoms in total. The van der Waals surface area contributed by atoms with E-state index in [0.29, 0.717) is 0 Å². The van der Waals surface area contributed by atoms with Crippen LogP contribution < -0.4 is 4.90 Å². The number of halogens is 3. The van der Waals surface area contributed by atoms with Crippen molar-refractivity contribution in [1.82, 2.24) is 4.98 Å². The van der Waals surface area contributed by atoms with Gasteiger partial charge in [0.05, 0.1) is 4.92 Å². The second-order valence-corrected chi connectivity index (χ2v) is 3.79. The molecule has 0 spiro atoms. The zero-order valence-electron chi connectivity index (χ0n) is 10.4. The number of nitro groups is 1. The van der Waals surface area contributed by atoms with Gasteiger partial charge in [-0.15, -0.1) is 0 Å². The van der Waals surface area contributed by atoms with E-state index in [1.165, 1.54) is 0 Å². The average Bonchev–Trinajstić information content (AvgIpc) is 2.37. The monoisotopic (exact) mass is 307 g/mol. The van der Waals surface area contributed by atoms with E-state index >= 15 is 0 Å². The van der Waals surface area contributed by atoms with E-state index in [-0.39, 0.29) is 4.90 Å². The predicted molar refractivity (Wildman–Crippen MR) is 61.5 cm³/mol. The molecule has 1 amide bonds. The number of carboxylic acid groups (broad SMARTS) is 1. The van der Waals surface area contributed by atoms with Crippen molar-refractivity contribution >= 4 is 23.4 Å². The van der Waals surface area contributed by atoms with E-state index in [2.05, 4.69) is 4.98 Å². The van der Waals surface area contributed by atoms with Crippen LogP contribution in [0.3, 0.4) is 0 Å². The van der Waals surface area contributed by atoms with Crippen LogP contribution in [0, 0.1) is 10.1 Å². The van der Waals surface area contributed by atoms with Gasteiger partial charge in [-0.25, -0.2) is 9.78 Å². The fourth-order valence-electron chi connectivity index (χ4n) is 1.42. The SMILES string of the molecule is CC(C(=O)O)N(C(=O)C(F)(F)F)c1ncccc1[N+](=O)[O-]. The van der Waals surface area contributed by atoms with Gasteiger partial charge in [0.2, 0.25) is 5.82 Å². The molecule has 1 aromatic heterocycles. The van der Waals surface area contributed by atoms with Crippen LogP contribution in [-0.2, 0) is 9.59 Å². The van der Waals surface area contributed by atoms with Gasteiger partial charge >= 0.3 is 23.7 Å². The molecular formula is C10H8F3N3O5. The molecule has 0 aromatic carbocycles. The molecule has 0 aliphatic carbocycles. The van der Waals surface area contributed by atoms with Crippen LogP contribution in [0.4, 0.5) is 24.7 Å². The van der Waals surface area contributed by atoms with Crippen LogP contribution in [0.1, 0.15) is 6.92 Å². The summed E-state index contributed by atoms with van der Waals surface area (Å²) in [5.74, 6) is -5.31. The summed E-state index contributed by atoms with van der Waals surface area (Å²) in [6.45, 7) is 0.782. The topological polar surface area (TPSA) is 114 Å². The maximum atomic E-state index is 12.6. The Balaban J connectivity index is 3.49. The molecule has 0 saturated carbocycles. The molecule has 1 N–H and O–H groups in total. The van der Waals surface area contributed by atoms with E-state index in [9.17, 15) is 32.9 Å². The Morgan fingerprint density at radius 3 is 2.48 bits per heavy atom. The van der Waals surface area contributed by atoms with Crippen LogP contribution in [-0.4, -0.2) is 39.1 Å². The lowest BCUT2D eigenvalue weighted by molar-refractivity contribution is -0.384. The third kappa shape index (κ3) is 3.43. The Hall–Kier alpha value is -2.72. The normalized spacial score (nSPS) is 12.6. The Labute approximate surface area is 115 Å². The number of aromatic nitrogens is 1. The molecule has 11 heteroatoms. The second-order valence-electron chi connectivity index (χ2n) is 3.79. The van der Waals surface area contributed by atoms with Crippen LogP contribution >= 0.6 is 0 Å². The molecule has 1 aromatic rings. The number of carbonyl (C=O) groups is 2. The van der Waals surface area contributed by atoms with Gasteiger partial charge in [-0.2, -0.15) is 13.2 Å². The fraction of sp³-hybridized carbons (Fsp3) is 0.300. The van der Waals surface area contributed by atoms with E-state index in [0.717, 1.165) is 25.3 Å². The number of rotatable bonds is 4. The second kappa shape index (κ2) is 5.73. The first-order chi connectivity index (χ1) is 9.57. The zero-order chi connectivity index (χ0) is 16.4. The van der Waals surface area contributed by atoms with Crippen molar-refractivity contribution < 1.29 is 32.8 Å². The summed E-state index contributed by atoms with van der Waals surface area (Å²) in [5, 5.41) is 19.6. The largest absolute Gasteiger partial charge is 0.480 e. The number of anilines is 1. The van der Waals surface area contributed by atoms with Crippen molar-refractivity contribution in [2.24, 2.45) is 0 Å². The van der Waals surface area contributed by atoms with Gasteiger partial charge in [-0.1, -0.05) is 0 Å². The maximum absolute atomic E-state index is 12.6. The smallest absolute Gasteiger partial charge is 0.471 e. The third-order valence-corrected chi connectivity index (χ3v) is 2.40. The molecule has 1 heterocycles. The highest BCUT2D eigenvalue weighted by molar-refractivity contribution is 6.02. The van der Waals surface area contributed by atoms with Gasteiger partial charge < -0.3 is 5.11 Å². The van der Waals surface area contributed by atoms with Crippen molar-refractivity contribution in [1.29, 1.82) is 0 Å². The lowest BCUT2D eigenvalue weighted by Crippen LogP contribution is -2.50. The minimum Gasteiger partial charge on any atom is -0.480 e. The predicted octanol–water partition coefficient (Wildman–Crippen LogP) is 1.36. The molecule has 114 valence electrons. The van der Waals surface area contributed by atoms with Crippen molar-refractivity contribution in [2.75, 3.05) is 4.90 Å². The third-order valence-electron chi connectivity index (χ3n) is 2.40. The fourth-order valence-corrected chi connectivity index (χ4v) is 1.42. The van der Waals surface area contributed by atoms with Crippen molar-refractivity contribution in [3.63, 3.8) is 0 Å². The molecule has 21 heavy (non-hydrogen) atoms. The van der Waals surface area contributed by atoms with Crippen LogP contribution in [0.2, 0.25) is 0 Å². The highest BCUT2D eigenvalue weighted by Gasteiger charge is 2.48. The first-order valence-corrected chi connectivity index (χ1v) is 5.30. The number of alkyl halides is 3. The van der Waals surface area contributed by atoms with Crippen molar-refractivity contribution in [2.45, 2.75) is 19.1 Å². The van der Waals surface area contributed by atoms with Crippen LogP contribution in [0.5, 0.6) is 0 Å². The summed E-state index contributed by atoms with van der Waals surface area (Å²) >= 11 is 0. The first kappa shape index (κ1) is 16.3. The number of carbonyl (C=O) groups excluding carboxylic acids is 1. The number of amides is 1. The summed E-state index contributed by atoms with van der Waals surface area (Å²) in [5.41, 5.74) is -0.914. The van der Waals surface area contributed by atoms with Crippen molar-refractivity contribution in [3.8, 4) is 0 Å². The molecule has 0 radical (unpaired) electrons. The van der Waals surface area contributed by atoms with Crippen LogP contribution in [0.15, 0.2) is 18.3 Å². The number of nitrogens with zero attached hydrogens (tertiary/aromatic N) is 3. The molecule has 0 aliphatic heterocycles. The van der Waals surface area contributed by atoms with E-state index < -0.39 is 40.5 Å². The van der Waals surface area contributed by atoms with E-state index in [4.69, 9.17) is 5.11 Å². The van der Waals surface area contributed by atoms with Gasteiger partial charge in [0.1, 0.15) is 6.04 Å². The summed E-state index contributed by atoms with van der Waals surface area (Å²) in [6, 6.07) is -0.107. The van der Waals surface area contributed by atoms with E-state index in [1.54, 1.807) is 0 Å². The molecule has 1 atom stereocenters. The minimum absolute atomic E-state index is 0.263. The number of hydrogen-bond acceptors (Lipinski definition) is 5. The summed E-state index contributed by atoms with van der Waals surface area (Å²) in [7, 11) is 0. The van der Waals surface area contributed by atoms with Gasteiger partial charge in [0.15, 0.2) is 0 Å². The van der Waals surface area contributed by atoms with Crippen LogP contribution in [0.25, 0.3) is 0 Å². The van der Waals surface area contributed by atoms with Gasteiger partial charge in [0, 0.05) is 12.3 Å². The average molecular weight is 307 g/mol. The first-order valence-electron chi connectivity index (χ1n) is 5.30. The standard InChI is InChI=1S/C10H8F3N3O5/c1-5(8(17)18)15(9(19)10(11,12)13)7-6(16(20)21)3-2-4-14-7/h2-5H,1H3,(H,17,18). The highest BCUT2D eigenvalue weighted by Crippen LogP contribution is 2.30. The Kier molecular flexibility index (Phi) is 4.45. The summed E-state index contributed by atoms with van der Waals surface area (Å²) in [6.07, 6.45) is -4.50. The Bertz CT molecular complexity index is 590. The lowest BCUT2D eigenvalue weighted by Gasteiger charge is -2.25. The van der Waals surface area contributed by atoms with E-state index in [1.807, 2.05) is 0 Å². The number of aliphatic carboxylic acids is 1. The van der Waals surface area contributed by atoms with Gasteiger partial charge in [0.25, 0.3) is 0 Å². The van der Waals surface area contributed by atoms with Crippen molar-refractivity contribution in [3.05, 3.63) is 28.4 Å². The zero-order valence-corrected chi connectivity index (χ0v) is 10.4. The molecule has 0 saturated heterocycles. The maximum Gasteiger partial charge on any atom is 0.471 e. The summed E-state index contributed by atoms with van der Waals surface area (Å²) < 4.78 is 37.7. The molecular weight excluding hydrogens is 299 g/mol. The molecule has 0 bridgehead atoms. The van der Waals surface area contributed by atoms with Gasteiger partial charge in [-0.3, -0.25) is 19.8 Å². The number of hydrogen-bond donors (Lipinski definition) is 1. The highest BCUT2D eigenvalue weighted by atomic mass is 19.4.